The number of rotatable bonds is 6. The molecule has 6 heteroatoms. The van der Waals surface area contributed by atoms with E-state index in [9.17, 15) is 0 Å². The van der Waals surface area contributed by atoms with Crippen LogP contribution in [0.25, 0.3) is 22.4 Å². The molecule has 0 unspecified atom stereocenters. The number of nitrogens with zero attached hydrogens (tertiary/aromatic N) is 4. The number of fused-ring (bicyclic) bond motifs is 1. The Morgan fingerprint density at radius 2 is 1.57 bits per heavy atom. The van der Waals surface area contributed by atoms with Gasteiger partial charge in [-0.3, -0.25) is 0 Å². The minimum absolute atomic E-state index is 0.630. The van der Waals surface area contributed by atoms with Crippen molar-refractivity contribution in [1.29, 1.82) is 0 Å². The third-order valence-electron chi connectivity index (χ3n) is 8.29. The summed E-state index contributed by atoms with van der Waals surface area (Å²) in [5.74, 6) is 3.03. The lowest BCUT2D eigenvalue weighted by Crippen LogP contribution is -2.48. The van der Waals surface area contributed by atoms with E-state index in [2.05, 4.69) is 53.5 Å². The third kappa shape index (κ3) is 4.78. The number of benzene rings is 2. The molecule has 0 bridgehead atoms. The molecule has 0 aliphatic carbocycles. The molecule has 2 fully saturated rings. The second-order valence-corrected chi connectivity index (χ2v) is 10.5. The maximum absolute atomic E-state index is 5.51. The van der Waals surface area contributed by atoms with E-state index < -0.39 is 0 Å². The molecule has 0 saturated carbocycles. The first kappa shape index (κ1) is 24.1. The first-order valence-corrected chi connectivity index (χ1v) is 13.2. The standard InChI is InChI=1S/C29H40N4O2/c1-20(2)32-16-12-24(13-17-32)33-14-10-21(11-15-33)22-6-8-25-26(18-22)31(3)29(30-25)23-7-9-27(34-4)28(19-23)35-5/h6-9,18-21,24H,10-17H2,1-5H3. The number of methoxy groups -OCH3 is 2. The van der Waals surface area contributed by atoms with Gasteiger partial charge in [0.1, 0.15) is 5.82 Å². The van der Waals surface area contributed by atoms with Crippen LogP contribution in [0.4, 0.5) is 0 Å². The van der Waals surface area contributed by atoms with E-state index in [1.54, 1.807) is 14.2 Å². The van der Waals surface area contributed by atoms with Gasteiger partial charge in [-0.25, -0.2) is 4.98 Å². The normalized spacial score (nSPS) is 19.0. The number of imidazole rings is 1. The van der Waals surface area contributed by atoms with Crippen molar-refractivity contribution in [2.24, 2.45) is 7.05 Å². The van der Waals surface area contributed by atoms with Crippen molar-refractivity contribution in [1.82, 2.24) is 19.4 Å². The van der Waals surface area contributed by atoms with Gasteiger partial charge in [0.15, 0.2) is 11.5 Å². The molecule has 6 nitrogen and oxygen atoms in total. The fraction of sp³-hybridized carbons (Fsp3) is 0.552. The van der Waals surface area contributed by atoms with Gasteiger partial charge >= 0.3 is 0 Å². The van der Waals surface area contributed by atoms with Crippen molar-refractivity contribution in [2.45, 2.75) is 57.5 Å². The fourth-order valence-electron chi connectivity index (χ4n) is 6.06. The first-order valence-electron chi connectivity index (χ1n) is 13.2. The molecule has 3 heterocycles. The fourth-order valence-corrected chi connectivity index (χ4v) is 6.06. The maximum Gasteiger partial charge on any atom is 0.161 e. The molecule has 2 aliphatic rings. The lowest BCUT2D eigenvalue weighted by Gasteiger charge is -2.42. The average molecular weight is 477 g/mol. The highest BCUT2D eigenvalue weighted by atomic mass is 16.5. The molecule has 0 N–H and O–H groups in total. The van der Waals surface area contributed by atoms with Crippen molar-refractivity contribution in [3.05, 3.63) is 42.0 Å². The lowest BCUT2D eigenvalue weighted by molar-refractivity contribution is 0.0753. The molecule has 0 spiro atoms. The number of aryl methyl sites for hydroxylation is 1. The minimum Gasteiger partial charge on any atom is -0.493 e. The van der Waals surface area contributed by atoms with E-state index >= 15 is 0 Å². The van der Waals surface area contributed by atoms with Gasteiger partial charge in [-0.2, -0.15) is 0 Å². The summed E-state index contributed by atoms with van der Waals surface area (Å²) >= 11 is 0. The monoisotopic (exact) mass is 476 g/mol. The Balaban J connectivity index is 1.29. The van der Waals surface area contributed by atoms with Gasteiger partial charge in [0.2, 0.25) is 0 Å². The Morgan fingerprint density at radius 1 is 0.857 bits per heavy atom. The smallest absolute Gasteiger partial charge is 0.161 e. The molecule has 2 aliphatic heterocycles. The quantitative estimate of drug-likeness (QED) is 0.482. The Morgan fingerprint density at radius 3 is 2.23 bits per heavy atom. The average Bonchev–Trinajstić information content (AvgIpc) is 3.24. The van der Waals surface area contributed by atoms with Gasteiger partial charge in [-0.05, 0) is 108 Å². The number of hydrogen-bond donors (Lipinski definition) is 0. The molecular formula is C29H40N4O2. The van der Waals surface area contributed by atoms with E-state index in [0.717, 1.165) is 34.4 Å². The van der Waals surface area contributed by atoms with Crippen LogP contribution in [0.3, 0.4) is 0 Å². The highest BCUT2D eigenvalue weighted by molar-refractivity contribution is 5.81. The van der Waals surface area contributed by atoms with Crippen molar-refractivity contribution in [3.8, 4) is 22.9 Å². The number of aromatic nitrogens is 2. The van der Waals surface area contributed by atoms with E-state index in [-0.39, 0.29) is 0 Å². The molecule has 0 amide bonds. The third-order valence-corrected chi connectivity index (χ3v) is 8.29. The van der Waals surface area contributed by atoms with E-state index in [4.69, 9.17) is 14.5 Å². The summed E-state index contributed by atoms with van der Waals surface area (Å²) in [6.45, 7) is 9.59. The topological polar surface area (TPSA) is 42.8 Å². The maximum atomic E-state index is 5.51. The van der Waals surface area contributed by atoms with E-state index in [1.807, 2.05) is 18.2 Å². The van der Waals surface area contributed by atoms with Crippen molar-refractivity contribution in [2.75, 3.05) is 40.4 Å². The SMILES string of the molecule is COc1ccc(-c2nc3ccc(C4CCN(C5CCN(C(C)C)CC5)CC4)cc3n2C)cc1OC. The number of ether oxygens (including phenoxy) is 2. The van der Waals surface area contributed by atoms with Crippen molar-refractivity contribution >= 4 is 11.0 Å². The van der Waals surface area contributed by atoms with E-state index in [1.165, 1.54) is 62.9 Å². The van der Waals surface area contributed by atoms with Crippen molar-refractivity contribution < 1.29 is 9.47 Å². The molecule has 35 heavy (non-hydrogen) atoms. The molecule has 5 rings (SSSR count). The number of piperidine rings is 2. The van der Waals surface area contributed by atoms with Gasteiger partial charge in [0, 0.05) is 24.7 Å². The van der Waals surface area contributed by atoms with Crippen LogP contribution in [-0.2, 0) is 7.05 Å². The highest BCUT2D eigenvalue weighted by Crippen LogP contribution is 2.35. The summed E-state index contributed by atoms with van der Waals surface area (Å²) in [6.07, 6.45) is 5.14. The summed E-state index contributed by atoms with van der Waals surface area (Å²) in [7, 11) is 5.44. The highest BCUT2D eigenvalue weighted by Gasteiger charge is 2.29. The van der Waals surface area contributed by atoms with Crippen LogP contribution in [0.5, 0.6) is 11.5 Å². The first-order chi connectivity index (χ1) is 17.0. The second kappa shape index (κ2) is 10.2. The van der Waals surface area contributed by atoms with Gasteiger partial charge in [0.05, 0.1) is 25.3 Å². The zero-order valence-corrected chi connectivity index (χ0v) is 22.0. The van der Waals surface area contributed by atoms with Crippen LogP contribution < -0.4 is 9.47 Å². The van der Waals surface area contributed by atoms with Crippen molar-refractivity contribution in [3.63, 3.8) is 0 Å². The number of hydrogen-bond acceptors (Lipinski definition) is 5. The van der Waals surface area contributed by atoms with Crippen LogP contribution in [0.2, 0.25) is 0 Å². The summed E-state index contributed by atoms with van der Waals surface area (Å²) in [6, 6.07) is 14.3. The Hall–Kier alpha value is -2.57. The van der Waals surface area contributed by atoms with Crippen LogP contribution in [0.15, 0.2) is 36.4 Å². The molecule has 0 radical (unpaired) electrons. The zero-order chi connectivity index (χ0) is 24.5. The van der Waals surface area contributed by atoms with Gasteiger partial charge in [-0.1, -0.05) is 6.07 Å². The predicted molar refractivity (Wildman–Crippen MR) is 143 cm³/mol. The largest absolute Gasteiger partial charge is 0.493 e. The van der Waals surface area contributed by atoms with Gasteiger partial charge < -0.3 is 23.8 Å². The van der Waals surface area contributed by atoms with Crippen LogP contribution in [0, 0.1) is 0 Å². The van der Waals surface area contributed by atoms with Crippen LogP contribution >= 0.6 is 0 Å². The zero-order valence-electron chi connectivity index (χ0n) is 22.0. The van der Waals surface area contributed by atoms with Crippen LogP contribution in [0.1, 0.15) is 51.0 Å². The Kier molecular flexibility index (Phi) is 7.03. The summed E-state index contributed by atoms with van der Waals surface area (Å²) in [4.78, 5) is 10.3. The number of likely N-dealkylation sites (tertiary alicyclic amines) is 2. The summed E-state index contributed by atoms with van der Waals surface area (Å²) in [5, 5.41) is 0. The van der Waals surface area contributed by atoms with E-state index in [0.29, 0.717) is 12.0 Å². The predicted octanol–water partition coefficient (Wildman–Crippen LogP) is 5.31. The van der Waals surface area contributed by atoms with Crippen LogP contribution in [-0.4, -0.2) is 71.8 Å². The molecule has 188 valence electrons. The molecule has 2 aromatic carbocycles. The van der Waals surface area contributed by atoms with Gasteiger partial charge in [-0.15, -0.1) is 0 Å². The molecule has 2 saturated heterocycles. The molecule has 3 aromatic rings. The molecule has 0 atom stereocenters. The summed E-state index contributed by atoms with van der Waals surface area (Å²) < 4.78 is 13.1. The van der Waals surface area contributed by atoms with Gasteiger partial charge in [0.25, 0.3) is 0 Å². The molecular weight excluding hydrogens is 436 g/mol. The second-order valence-electron chi connectivity index (χ2n) is 10.5. The molecule has 1 aromatic heterocycles. The lowest BCUT2D eigenvalue weighted by atomic mass is 9.87. The summed E-state index contributed by atoms with van der Waals surface area (Å²) in [5.41, 5.74) is 4.71. The Labute approximate surface area is 209 Å². The Bertz CT molecular complexity index is 1150. The minimum atomic E-state index is 0.630.